The highest BCUT2D eigenvalue weighted by atomic mass is 19.4. The molecule has 0 unspecified atom stereocenters. The van der Waals surface area contributed by atoms with Gasteiger partial charge in [-0.15, -0.1) is 0 Å². The Hall–Kier alpha value is -3.55. The van der Waals surface area contributed by atoms with Crippen LogP contribution in [0.15, 0.2) is 67.6 Å². The second-order valence-electron chi connectivity index (χ2n) is 8.56. The number of benzene rings is 2. The van der Waals surface area contributed by atoms with Gasteiger partial charge in [0.1, 0.15) is 0 Å². The Morgan fingerprint density at radius 3 is 2.68 bits per heavy atom. The number of halogens is 3. The highest BCUT2D eigenvalue weighted by Crippen LogP contribution is 2.33. The van der Waals surface area contributed by atoms with Crippen LogP contribution in [0.3, 0.4) is 0 Å². The second kappa shape index (κ2) is 10.2. The van der Waals surface area contributed by atoms with Gasteiger partial charge in [0.25, 0.3) is 0 Å². The fraction of sp³-hybridized carbons (Fsp3) is 0.308. The third-order valence-corrected chi connectivity index (χ3v) is 5.97. The molecule has 2 aromatic carbocycles. The van der Waals surface area contributed by atoms with Crippen molar-refractivity contribution in [2.45, 2.75) is 50.9 Å². The SMILES string of the molecule is C=CC(=O)Nc1ccc(NC2CCCCC2)c(-c2cn(Cc3cccc(C(F)(F)F)c3)cn2)c1. The van der Waals surface area contributed by atoms with Crippen LogP contribution in [0.1, 0.15) is 43.2 Å². The predicted molar refractivity (Wildman–Crippen MR) is 128 cm³/mol. The highest BCUT2D eigenvalue weighted by Gasteiger charge is 2.30. The summed E-state index contributed by atoms with van der Waals surface area (Å²) in [4.78, 5) is 16.3. The number of rotatable bonds is 7. The van der Waals surface area contributed by atoms with Crippen LogP contribution in [-0.4, -0.2) is 21.5 Å². The van der Waals surface area contributed by atoms with Crippen LogP contribution in [0, 0.1) is 0 Å². The molecule has 1 amide bonds. The predicted octanol–water partition coefficient (Wildman–Crippen LogP) is 6.49. The highest BCUT2D eigenvalue weighted by molar-refractivity contribution is 5.99. The standard InChI is InChI=1S/C26H27F3N4O/c1-2-25(34)32-21-11-12-23(31-20-9-4-3-5-10-20)22(14-21)24-16-33(17-30-24)15-18-7-6-8-19(13-18)26(27,28)29/h2,6-8,11-14,16-17,20,31H,1,3-5,9-10,15H2,(H,32,34). The van der Waals surface area contributed by atoms with Crippen molar-refractivity contribution in [1.29, 1.82) is 0 Å². The monoisotopic (exact) mass is 468 g/mol. The van der Waals surface area contributed by atoms with Gasteiger partial charge in [-0.3, -0.25) is 4.79 Å². The molecule has 0 saturated heterocycles. The Morgan fingerprint density at radius 2 is 1.94 bits per heavy atom. The molecular weight excluding hydrogens is 441 g/mol. The Bertz CT molecular complexity index is 1160. The Balaban J connectivity index is 1.61. The number of aromatic nitrogens is 2. The molecular formula is C26H27F3N4O. The molecule has 1 heterocycles. The first kappa shape index (κ1) is 23.6. The maximum Gasteiger partial charge on any atom is 0.416 e. The molecule has 1 aliphatic rings. The van der Waals surface area contributed by atoms with Crippen LogP contribution in [0.4, 0.5) is 24.5 Å². The summed E-state index contributed by atoms with van der Waals surface area (Å²) < 4.78 is 40.9. The van der Waals surface area contributed by atoms with E-state index in [1.807, 2.05) is 18.2 Å². The number of nitrogens with zero attached hydrogens (tertiary/aromatic N) is 2. The van der Waals surface area contributed by atoms with Crippen LogP contribution in [0.2, 0.25) is 0 Å². The van der Waals surface area contributed by atoms with Crippen molar-refractivity contribution in [1.82, 2.24) is 9.55 Å². The van der Waals surface area contributed by atoms with Crippen molar-refractivity contribution in [3.8, 4) is 11.3 Å². The lowest BCUT2D eigenvalue weighted by Gasteiger charge is -2.25. The minimum absolute atomic E-state index is 0.259. The van der Waals surface area contributed by atoms with Crippen LogP contribution >= 0.6 is 0 Å². The summed E-state index contributed by atoms with van der Waals surface area (Å²) in [5.41, 5.74) is 2.87. The van der Waals surface area contributed by atoms with Gasteiger partial charge >= 0.3 is 6.18 Å². The lowest BCUT2D eigenvalue weighted by atomic mass is 9.95. The van der Waals surface area contributed by atoms with E-state index in [-0.39, 0.29) is 12.5 Å². The summed E-state index contributed by atoms with van der Waals surface area (Å²) in [5.74, 6) is -0.311. The van der Waals surface area contributed by atoms with E-state index in [4.69, 9.17) is 0 Å². The van der Waals surface area contributed by atoms with E-state index >= 15 is 0 Å². The van der Waals surface area contributed by atoms with Gasteiger partial charge in [0.15, 0.2) is 0 Å². The van der Waals surface area contributed by atoms with E-state index in [2.05, 4.69) is 22.2 Å². The minimum atomic E-state index is -4.38. The number of hydrogen-bond donors (Lipinski definition) is 2. The van der Waals surface area contributed by atoms with Gasteiger partial charge in [0, 0.05) is 35.7 Å². The lowest BCUT2D eigenvalue weighted by Crippen LogP contribution is -2.22. The van der Waals surface area contributed by atoms with E-state index in [1.54, 1.807) is 23.2 Å². The Morgan fingerprint density at radius 1 is 1.15 bits per heavy atom. The van der Waals surface area contributed by atoms with Crippen LogP contribution in [0.25, 0.3) is 11.3 Å². The molecule has 0 bridgehead atoms. The van der Waals surface area contributed by atoms with Crippen molar-refractivity contribution in [3.05, 3.63) is 78.8 Å². The number of anilines is 2. The summed E-state index contributed by atoms with van der Waals surface area (Å²) in [6.45, 7) is 3.75. The molecule has 1 saturated carbocycles. The van der Waals surface area contributed by atoms with Crippen molar-refractivity contribution in [2.24, 2.45) is 0 Å². The van der Waals surface area contributed by atoms with E-state index < -0.39 is 11.7 Å². The molecule has 3 aromatic rings. The summed E-state index contributed by atoms with van der Waals surface area (Å²) in [7, 11) is 0. The third-order valence-electron chi connectivity index (χ3n) is 5.97. The summed E-state index contributed by atoms with van der Waals surface area (Å²) >= 11 is 0. The number of carbonyl (C=O) groups is 1. The van der Waals surface area contributed by atoms with Gasteiger partial charge in [-0.05, 0) is 54.8 Å². The zero-order valence-electron chi connectivity index (χ0n) is 18.7. The zero-order chi connectivity index (χ0) is 24.1. The first-order valence-corrected chi connectivity index (χ1v) is 11.3. The molecule has 1 aliphatic carbocycles. The van der Waals surface area contributed by atoms with E-state index in [9.17, 15) is 18.0 Å². The minimum Gasteiger partial charge on any atom is -0.382 e. The van der Waals surface area contributed by atoms with Gasteiger partial charge in [-0.25, -0.2) is 4.98 Å². The molecule has 8 heteroatoms. The first-order valence-electron chi connectivity index (χ1n) is 11.3. The van der Waals surface area contributed by atoms with Gasteiger partial charge in [-0.1, -0.05) is 38.0 Å². The third kappa shape index (κ3) is 5.87. The molecule has 0 radical (unpaired) electrons. The normalized spacial score (nSPS) is 14.6. The molecule has 1 fully saturated rings. The topological polar surface area (TPSA) is 59.0 Å². The largest absolute Gasteiger partial charge is 0.416 e. The molecule has 5 nitrogen and oxygen atoms in total. The number of hydrogen-bond acceptors (Lipinski definition) is 3. The van der Waals surface area contributed by atoms with Crippen LogP contribution in [0.5, 0.6) is 0 Å². The van der Waals surface area contributed by atoms with Gasteiger partial charge < -0.3 is 15.2 Å². The molecule has 178 valence electrons. The molecule has 1 aromatic heterocycles. The first-order chi connectivity index (χ1) is 16.3. The molecule has 2 N–H and O–H groups in total. The maximum absolute atomic E-state index is 13.1. The number of amides is 1. The van der Waals surface area contributed by atoms with E-state index in [0.29, 0.717) is 23.0 Å². The van der Waals surface area contributed by atoms with Crippen molar-refractivity contribution < 1.29 is 18.0 Å². The van der Waals surface area contributed by atoms with Gasteiger partial charge in [0.2, 0.25) is 5.91 Å². The Kier molecular flexibility index (Phi) is 7.05. The lowest BCUT2D eigenvalue weighted by molar-refractivity contribution is -0.137. The average molecular weight is 469 g/mol. The molecule has 4 rings (SSSR count). The van der Waals surface area contributed by atoms with E-state index in [1.165, 1.54) is 31.4 Å². The Labute approximate surface area is 196 Å². The fourth-order valence-corrected chi connectivity index (χ4v) is 4.26. The van der Waals surface area contributed by atoms with E-state index in [0.717, 1.165) is 36.2 Å². The van der Waals surface area contributed by atoms with Gasteiger partial charge in [-0.2, -0.15) is 13.2 Å². The molecule has 0 aliphatic heterocycles. The van der Waals surface area contributed by atoms with Crippen molar-refractivity contribution >= 4 is 17.3 Å². The van der Waals surface area contributed by atoms with Gasteiger partial charge in [0.05, 0.1) is 17.6 Å². The molecule has 0 spiro atoms. The zero-order valence-corrected chi connectivity index (χ0v) is 18.7. The molecule has 0 atom stereocenters. The van der Waals surface area contributed by atoms with Crippen molar-refractivity contribution in [3.63, 3.8) is 0 Å². The van der Waals surface area contributed by atoms with Crippen LogP contribution in [-0.2, 0) is 17.5 Å². The number of imidazole rings is 1. The average Bonchev–Trinajstić information content (AvgIpc) is 3.28. The number of nitrogens with one attached hydrogen (secondary N) is 2. The summed E-state index contributed by atoms with van der Waals surface area (Å²) in [6.07, 6.45) is 6.05. The molecule has 34 heavy (non-hydrogen) atoms. The second-order valence-corrected chi connectivity index (χ2v) is 8.56. The summed E-state index contributed by atoms with van der Waals surface area (Å²) in [5, 5.41) is 6.39. The number of alkyl halides is 3. The summed E-state index contributed by atoms with van der Waals surface area (Å²) in [6, 6.07) is 11.3. The quantitative estimate of drug-likeness (QED) is 0.390. The van der Waals surface area contributed by atoms with Crippen molar-refractivity contribution in [2.75, 3.05) is 10.6 Å². The number of carbonyl (C=O) groups excluding carboxylic acids is 1. The smallest absolute Gasteiger partial charge is 0.382 e. The fourth-order valence-electron chi connectivity index (χ4n) is 4.26. The maximum atomic E-state index is 13.1. The van der Waals surface area contributed by atoms with Crippen LogP contribution < -0.4 is 10.6 Å².